The standard InChI is InChI=1S/C14H21BrN2O3S2/c15-13-6-5-12(21-13)7-8-16-14(18)4-3-11-22(19,20)17-9-1-2-10-17/h5-6H,1-4,7-11H2,(H,16,18). The molecule has 22 heavy (non-hydrogen) atoms. The van der Waals surface area contributed by atoms with Crippen molar-refractivity contribution in [1.29, 1.82) is 0 Å². The number of carbonyl (C=O) groups excluding carboxylic acids is 1. The Morgan fingerprint density at radius 2 is 2.05 bits per heavy atom. The zero-order valence-electron chi connectivity index (χ0n) is 12.4. The number of amides is 1. The van der Waals surface area contributed by atoms with Crippen molar-refractivity contribution in [2.75, 3.05) is 25.4 Å². The molecule has 5 nitrogen and oxygen atoms in total. The lowest BCUT2D eigenvalue weighted by molar-refractivity contribution is -0.121. The maximum Gasteiger partial charge on any atom is 0.220 e. The molecule has 1 aliphatic heterocycles. The molecule has 0 saturated carbocycles. The van der Waals surface area contributed by atoms with Crippen LogP contribution in [-0.4, -0.2) is 44.0 Å². The van der Waals surface area contributed by atoms with Gasteiger partial charge in [0.1, 0.15) is 0 Å². The number of carbonyl (C=O) groups is 1. The number of nitrogens with one attached hydrogen (secondary N) is 1. The van der Waals surface area contributed by atoms with E-state index in [0.717, 1.165) is 23.0 Å². The van der Waals surface area contributed by atoms with Gasteiger partial charge in [0.2, 0.25) is 15.9 Å². The van der Waals surface area contributed by atoms with Gasteiger partial charge in [0, 0.05) is 30.9 Å². The molecule has 8 heteroatoms. The van der Waals surface area contributed by atoms with Crippen LogP contribution in [-0.2, 0) is 21.2 Å². The fraction of sp³-hybridized carbons (Fsp3) is 0.643. The first-order chi connectivity index (χ1) is 10.5. The predicted octanol–water partition coefficient (Wildman–Crippen LogP) is 2.38. The van der Waals surface area contributed by atoms with E-state index in [1.807, 2.05) is 12.1 Å². The second kappa shape index (κ2) is 8.42. The van der Waals surface area contributed by atoms with Crippen LogP contribution >= 0.6 is 27.3 Å². The van der Waals surface area contributed by atoms with Gasteiger partial charge in [-0.1, -0.05) is 0 Å². The van der Waals surface area contributed by atoms with Crippen LogP contribution in [0.2, 0.25) is 0 Å². The molecule has 0 bridgehead atoms. The fourth-order valence-electron chi connectivity index (χ4n) is 2.41. The SMILES string of the molecule is O=C(CCCS(=O)(=O)N1CCCC1)NCCc1ccc(Br)s1. The van der Waals surface area contributed by atoms with Gasteiger partial charge in [0.15, 0.2) is 0 Å². The predicted molar refractivity (Wildman–Crippen MR) is 92.6 cm³/mol. The molecule has 0 aromatic carbocycles. The van der Waals surface area contributed by atoms with Gasteiger partial charge in [-0.3, -0.25) is 4.79 Å². The van der Waals surface area contributed by atoms with Crippen molar-refractivity contribution in [3.05, 3.63) is 20.8 Å². The smallest absolute Gasteiger partial charge is 0.220 e. The Bertz CT molecular complexity index is 595. The summed E-state index contributed by atoms with van der Waals surface area (Å²) in [5.74, 6) is -0.00888. The molecule has 0 atom stereocenters. The van der Waals surface area contributed by atoms with Crippen molar-refractivity contribution in [2.45, 2.75) is 32.1 Å². The Morgan fingerprint density at radius 3 is 2.68 bits per heavy atom. The van der Waals surface area contributed by atoms with E-state index in [9.17, 15) is 13.2 Å². The molecular formula is C14H21BrN2O3S2. The summed E-state index contributed by atoms with van der Waals surface area (Å²) in [4.78, 5) is 12.9. The Labute approximate surface area is 144 Å². The van der Waals surface area contributed by atoms with Gasteiger partial charge in [-0.15, -0.1) is 11.3 Å². The molecule has 0 unspecified atom stereocenters. The van der Waals surface area contributed by atoms with Crippen LogP contribution in [0.15, 0.2) is 15.9 Å². The van der Waals surface area contributed by atoms with E-state index in [1.165, 1.54) is 4.88 Å². The van der Waals surface area contributed by atoms with Crippen molar-refractivity contribution in [3.8, 4) is 0 Å². The molecule has 0 radical (unpaired) electrons. The third kappa shape index (κ3) is 5.64. The van der Waals surface area contributed by atoms with Crippen molar-refractivity contribution in [3.63, 3.8) is 0 Å². The summed E-state index contributed by atoms with van der Waals surface area (Å²) in [6.45, 7) is 1.85. The molecule has 0 aliphatic carbocycles. The maximum atomic E-state index is 12.0. The summed E-state index contributed by atoms with van der Waals surface area (Å²) in [5.41, 5.74) is 0. The molecule has 1 aliphatic rings. The maximum absolute atomic E-state index is 12.0. The van der Waals surface area contributed by atoms with E-state index in [-0.39, 0.29) is 18.1 Å². The van der Waals surface area contributed by atoms with Crippen LogP contribution in [0.5, 0.6) is 0 Å². The normalized spacial score (nSPS) is 16.0. The highest BCUT2D eigenvalue weighted by Crippen LogP contribution is 2.22. The van der Waals surface area contributed by atoms with Crippen molar-refractivity contribution in [2.24, 2.45) is 0 Å². The summed E-state index contributed by atoms with van der Waals surface area (Å²) in [6.07, 6.45) is 3.33. The third-order valence-corrected chi connectivity index (χ3v) is 7.23. The Balaban J connectivity index is 1.61. The molecule has 1 aromatic rings. The van der Waals surface area contributed by atoms with Crippen LogP contribution in [0.25, 0.3) is 0 Å². The molecule has 1 N–H and O–H groups in total. The van der Waals surface area contributed by atoms with E-state index in [1.54, 1.807) is 15.6 Å². The summed E-state index contributed by atoms with van der Waals surface area (Å²) >= 11 is 5.06. The first-order valence-corrected chi connectivity index (χ1v) is 10.7. The second-order valence-electron chi connectivity index (χ2n) is 5.33. The molecule has 1 fully saturated rings. The van der Waals surface area contributed by atoms with Crippen molar-refractivity contribution < 1.29 is 13.2 Å². The summed E-state index contributed by atoms with van der Waals surface area (Å²) < 4.78 is 26.6. The molecule has 2 heterocycles. The van der Waals surface area contributed by atoms with Gasteiger partial charge in [-0.2, -0.15) is 0 Å². The van der Waals surface area contributed by atoms with E-state index in [2.05, 4.69) is 21.2 Å². The van der Waals surface area contributed by atoms with E-state index >= 15 is 0 Å². The van der Waals surface area contributed by atoms with Gasteiger partial charge >= 0.3 is 0 Å². The molecule has 2 rings (SSSR count). The molecule has 124 valence electrons. The highest BCUT2D eigenvalue weighted by atomic mass is 79.9. The van der Waals surface area contributed by atoms with Crippen LogP contribution < -0.4 is 5.32 Å². The Morgan fingerprint density at radius 1 is 1.32 bits per heavy atom. The molecule has 1 amide bonds. The molecule has 0 spiro atoms. The molecular weight excluding hydrogens is 388 g/mol. The minimum absolute atomic E-state index is 0.0677. The molecule has 1 aromatic heterocycles. The van der Waals surface area contributed by atoms with Gasteiger partial charge in [0.05, 0.1) is 9.54 Å². The van der Waals surface area contributed by atoms with Crippen LogP contribution in [0.3, 0.4) is 0 Å². The Hall–Kier alpha value is -0.440. The third-order valence-electron chi connectivity index (χ3n) is 3.59. The highest BCUT2D eigenvalue weighted by Gasteiger charge is 2.24. The Kier molecular flexibility index (Phi) is 6.86. The first-order valence-electron chi connectivity index (χ1n) is 7.46. The lowest BCUT2D eigenvalue weighted by Crippen LogP contribution is -2.31. The number of halogens is 1. The zero-order chi connectivity index (χ0) is 16.0. The average Bonchev–Trinajstić information content (AvgIpc) is 3.10. The van der Waals surface area contributed by atoms with Gasteiger partial charge < -0.3 is 5.32 Å². The number of hydrogen-bond acceptors (Lipinski definition) is 4. The van der Waals surface area contributed by atoms with E-state index in [0.29, 0.717) is 26.1 Å². The lowest BCUT2D eigenvalue weighted by atomic mass is 10.3. The minimum Gasteiger partial charge on any atom is -0.356 e. The number of hydrogen-bond donors (Lipinski definition) is 1. The largest absolute Gasteiger partial charge is 0.356 e. The number of sulfonamides is 1. The quantitative estimate of drug-likeness (QED) is 0.717. The fourth-order valence-corrected chi connectivity index (χ4v) is 5.47. The van der Waals surface area contributed by atoms with Crippen molar-refractivity contribution in [1.82, 2.24) is 9.62 Å². The zero-order valence-corrected chi connectivity index (χ0v) is 15.6. The van der Waals surface area contributed by atoms with E-state index in [4.69, 9.17) is 0 Å². The minimum atomic E-state index is -3.17. The monoisotopic (exact) mass is 408 g/mol. The van der Waals surface area contributed by atoms with Gasteiger partial charge in [-0.25, -0.2) is 12.7 Å². The highest BCUT2D eigenvalue weighted by molar-refractivity contribution is 9.11. The van der Waals surface area contributed by atoms with Crippen LogP contribution in [0.4, 0.5) is 0 Å². The van der Waals surface area contributed by atoms with E-state index < -0.39 is 10.0 Å². The van der Waals surface area contributed by atoms with Gasteiger partial charge in [-0.05, 0) is 53.7 Å². The van der Waals surface area contributed by atoms with Crippen molar-refractivity contribution >= 4 is 43.2 Å². The summed E-state index contributed by atoms with van der Waals surface area (Å²) in [6, 6.07) is 4.02. The number of rotatable bonds is 8. The lowest BCUT2D eigenvalue weighted by Gasteiger charge is -2.14. The summed E-state index contributed by atoms with van der Waals surface area (Å²) in [7, 11) is -3.17. The number of thiophene rings is 1. The van der Waals surface area contributed by atoms with Crippen LogP contribution in [0.1, 0.15) is 30.6 Å². The van der Waals surface area contributed by atoms with Gasteiger partial charge in [0.25, 0.3) is 0 Å². The first kappa shape index (κ1) is 17.9. The topological polar surface area (TPSA) is 66.5 Å². The molecule has 1 saturated heterocycles. The summed E-state index contributed by atoms with van der Waals surface area (Å²) in [5, 5.41) is 2.84. The number of nitrogens with zero attached hydrogens (tertiary/aromatic N) is 1. The van der Waals surface area contributed by atoms with Crippen LogP contribution in [0, 0.1) is 0 Å². The average molecular weight is 409 g/mol. The second-order valence-corrected chi connectivity index (χ2v) is 9.97.